The molecule has 166 valence electrons. The molecule has 2 aliphatic heterocycles. The van der Waals surface area contributed by atoms with E-state index < -0.39 is 23.8 Å². The van der Waals surface area contributed by atoms with E-state index in [4.69, 9.17) is 14.2 Å². The average molecular weight is 453 g/mol. The van der Waals surface area contributed by atoms with Gasteiger partial charge in [-0.15, -0.1) is 0 Å². The molecule has 1 aromatic carbocycles. The highest BCUT2D eigenvalue weighted by molar-refractivity contribution is 6.04. The molecule has 3 heterocycles. The quantitative estimate of drug-likeness (QED) is 0.618. The smallest absolute Gasteiger partial charge is 0.355 e. The van der Waals surface area contributed by atoms with E-state index >= 15 is 0 Å². The van der Waals surface area contributed by atoms with E-state index in [2.05, 4.69) is 9.97 Å². The fourth-order valence-corrected chi connectivity index (χ4v) is 4.48. The van der Waals surface area contributed by atoms with Crippen LogP contribution in [0.25, 0.3) is 11.3 Å². The standard InChI is InChI=1S/C24H15N5O5/c1-32-22(30)18-20(23(31)33-2)29-10-6-5-9-17(29)34-24(18)14-8-4-3-7-13(14)19-21(24)28-16(12-26)15(11-25)27-19/h3-10,17H,1-2H3. The van der Waals surface area contributed by atoms with Crippen LogP contribution in [0.4, 0.5) is 0 Å². The van der Waals surface area contributed by atoms with Crippen molar-refractivity contribution in [1.29, 1.82) is 10.5 Å². The van der Waals surface area contributed by atoms with E-state index in [0.717, 1.165) is 0 Å². The number of rotatable bonds is 2. The SMILES string of the molecule is COC(=O)C1=C(C(=O)OC)C2(OC3C=CC=CN13)c1ccccc1-c1nc(C#N)c(C#N)nc12. The number of carbonyl (C=O) groups is 2. The largest absolute Gasteiger partial charge is 0.465 e. The molecule has 0 radical (unpaired) electrons. The molecule has 10 heteroatoms. The fourth-order valence-electron chi connectivity index (χ4n) is 4.48. The molecular weight excluding hydrogens is 438 g/mol. The highest BCUT2D eigenvalue weighted by Gasteiger charge is 2.59. The molecule has 0 bridgehead atoms. The Morgan fingerprint density at radius 2 is 1.76 bits per heavy atom. The van der Waals surface area contributed by atoms with Gasteiger partial charge in [-0.3, -0.25) is 0 Å². The predicted molar refractivity (Wildman–Crippen MR) is 114 cm³/mol. The molecule has 0 amide bonds. The number of aromatic nitrogens is 2. The van der Waals surface area contributed by atoms with E-state index in [1.165, 1.54) is 19.1 Å². The first-order chi connectivity index (χ1) is 16.5. The van der Waals surface area contributed by atoms with Crippen LogP contribution < -0.4 is 0 Å². The van der Waals surface area contributed by atoms with Crippen molar-refractivity contribution >= 4 is 11.9 Å². The van der Waals surface area contributed by atoms with Gasteiger partial charge in [-0.05, 0) is 12.2 Å². The molecule has 0 fully saturated rings. The Morgan fingerprint density at radius 3 is 2.47 bits per heavy atom. The molecule has 1 spiro atoms. The zero-order chi connectivity index (χ0) is 24.0. The lowest BCUT2D eigenvalue weighted by atomic mass is 9.82. The molecule has 34 heavy (non-hydrogen) atoms. The van der Waals surface area contributed by atoms with Gasteiger partial charge in [0.2, 0.25) is 0 Å². The first kappa shape index (κ1) is 21.1. The number of methoxy groups -OCH3 is 2. The molecule has 10 nitrogen and oxygen atoms in total. The van der Waals surface area contributed by atoms with Crippen molar-refractivity contribution in [2.24, 2.45) is 0 Å². The Hall–Kier alpha value is -4.80. The summed E-state index contributed by atoms with van der Waals surface area (Å²) in [7, 11) is 2.39. The van der Waals surface area contributed by atoms with Crippen molar-refractivity contribution in [3.05, 3.63) is 82.6 Å². The van der Waals surface area contributed by atoms with E-state index in [0.29, 0.717) is 11.1 Å². The van der Waals surface area contributed by atoms with Gasteiger partial charge in [-0.25, -0.2) is 19.6 Å². The highest BCUT2D eigenvalue weighted by Crippen LogP contribution is 2.56. The minimum atomic E-state index is -1.76. The van der Waals surface area contributed by atoms with Crippen molar-refractivity contribution < 1.29 is 23.8 Å². The van der Waals surface area contributed by atoms with Gasteiger partial charge in [-0.2, -0.15) is 10.5 Å². The van der Waals surface area contributed by atoms with Gasteiger partial charge in [0.05, 0.1) is 19.9 Å². The molecule has 3 aliphatic rings. The van der Waals surface area contributed by atoms with Crippen LogP contribution in [0.1, 0.15) is 22.6 Å². The van der Waals surface area contributed by atoms with Crippen LogP contribution in [0.15, 0.2) is 60.0 Å². The molecule has 0 N–H and O–H groups in total. The van der Waals surface area contributed by atoms with E-state index in [9.17, 15) is 20.1 Å². The predicted octanol–water partition coefficient (Wildman–Crippen LogP) is 1.79. The third-order valence-electron chi connectivity index (χ3n) is 5.82. The number of hydrogen-bond donors (Lipinski definition) is 0. The van der Waals surface area contributed by atoms with Crippen LogP contribution in [0.5, 0.6) is 0 Å². The lowest BCUT2D eigenvalue weighted by Gasteiger charge is -2.45. The van der Waals surface area contributed by atoms with Crippen molar-refractivity contribution in [1.82, 2.24) is 14.9 Å². The van der Waals surface area contributed by atoms with Gasteiger partial charge in [0.25, 0.3) is 0 Å². The maximum atomic E-state index is 13.3. The van der Waals surface area contributed by atoms with Crippen LogP contribution in [-0.4, -0.2) is 47.3 Å². The average Bonchev–Trinajstić information content (AvgIpc) is 3.15. The number of ether oxygens (including phenoxy) is 3. The van der Waals surface area contributed by atoms with Gasteiger partial charge in [0.15, 0.2) is 23.2 Å². The first-order valence-corrected chi connectivity index (χ1v) is 10.1. The number of allylic oxidation sites excluding steroid dienone is 2. The maximum Gasteiger partial charge on any atom is 0.355 e. The second kappa shape index (κ2) is 7.66. The summed E-state index contributed by atoms with van der Waals surface area (Å²) in [6.45, 7) is 0. The minimum absolute atomic E-state index is 0.0986. The summed E-state index contributed by atoms with van der Waals surface area (Å²) < 4.78 is 16.7. The fraction of sp³-hybridized carbons (Fsp3) is 0.167. The number of nitrogens with zero attached hydrogens (tertiary/aromatic N) is 5. The lowest BCUT2D eigenvalue weighted by Crippen LogP contribution is -2.52. The van der Waals surface area contributed by atoms with Crippen molar-refractivity contribution in [2.75, 3.05) is 14.2 Å². The normalized spacial score (nSPS) is 21.3. The van der Waals surface area contributed by atoms with E-state index in [1.54, 1.807) is 48.7 Å². The molecule has 2 unspecified atom stereocenters. The molecule has 0 saturated heterocycles. The number of hydrogen-bond acceptors (Lipinski definition) is 10. The molecular formula is C24H15N5O5. The topological polar surface area (TPSA) is 138 Å². The Labute approximate surface area is 193 Å². The van der Waals surface area contributed by atoms with Gasteiger partial charge in [0.1, 0.15) is 29.1 Å². The molecule has 2 atom stereocenters. The highest BCUT2D eigenvalue weighted by atomic mass is 16.6. The third-order valence-corrected chi connectivity index (χ3v) is 5.82. The van der Waals surface area contributed by atoms with Crippen molar-refractivity contribution in [3.8, 4) is 23.4 Å². The zero-order valence-electron chi connectivity index (χ0n) is 18.0. The zero-order valence-corrected chi connectivity index (χ0v) is 18.0. The Kier molecular flexibility index (Phi) is 4.74. The van der Waals surface area contributed by atoms with Crippen LogP contribution in [-0.2, 0) is 29.4 Å². The number of fused-ring (bicyclic) bond motifs is 6. The number of esters is 2. The van der Waals surface area contributed by atoms with Gasteiger partial charge >= 0.3 is 11.9 Å². The van der Waals surface area contributed by atoms with E-state index in [1.807, 2.05) is 12.1 Å². The van der Waals surface area contributed by atoms with E-state index in [-0.39, 0.29) is 34.0 Å². The summed E-state index contributed by atoms with van der Waals surface area (Å²) in [5.41, 5.74) is -1.05. The third kappa shape index (κ3) is 2.63. The Morgan fingerprint density at radius 1 is 1.06 bits per heavy atom. The maximum absolute atomic E-state index is 13.3. The second-order valence-electron chi connectivity index (χ2n) is 7.42. The summed E-state index contributed by atoms with van der Waals surface area (Å²) in [4.78, 5) is 36.7. The van der Waals surface area contributed by atoms with Gasteiger partial charge < -0.3 is 19.1 Å². The van der Waals surface area contributed by atoms with Crippen LogP contribution in [0.3, 0.4) is 0 Å². The van der Waals surface area contributed by atoms with Gasteiger partial charge in [0, 0.05) is 17.3 Å². The van der Waals surface area contributed by atoms with Crippen LogP contribution in [0, 0.1) is 22.7 Å². The lowest BCUT2D eigenvalue weighted by molar-refractivity contribution is -0.154. The second-order valence-corrected chi connectivity index (χ2v) is 7.42. The minimum Gasteiger partial charge on any atom is -0.465 e. The molecule has 0 saturated carbocycles. The van der Waals surface area contributed by atoms with Crippen LogP contribution >= 0.6 is 0 Å². The van der Waals surface area contributed by atoms with Crippen molar-refractivity contribution in [3.63, 3.8) is 0 Å². The molecule has 1 aromatic heterocycles. The summed E-state index contributed by atoms with van der Waals surface area (Å²) in [5.74, 6) is -1.64. The summed E-state index contributed by atoms with van der Waals surface area (Å²) in [5, 5.41) is 19.1. The van der Waals surface area contributed by atoms with Gasteiger partial charge in [-0.1, -0.05) is 30.3 Å². The Bertz CT molecular complexity index is 1440. The Balaban J connectivity index is 1.97. The van der Waals surface area contributed by atoms with Crippen molar-refractivity contribution in [2.45, 2.75) is 11.8 Å². The molecule has 1 aliphatic carbocycles. The molecule has 5 rings (SSSR count). The number of benzene rings is 1. The first-order valence-electron chi connectivity index (χ1n) is 10.1. The number of carbonyl (C=O) groups excluding carboxylic acids is 2. The molecule has 2 aromatic rings. The van der Waals surface area contributed by atoms with Crippen LogP contribution in [0.2, 0.25) is 0 Å². The summed E-state index contributed by atoms with van der Waals surface area (Å²) in [6, 6.07) is 10.7. The monoisotopic (exact) mass is 453 g/mol. The number of nitriles is 2. The summed E-state index contributed by atoms with van der Waals surface area (Å²) in [6.07, 6.45) is 5.87. The summed E-state index contributed by atoms with van der Waals surface area (Å²) >= 11 is 0.